The summed E-state index contributed by atoms with van der Waals surface area (Å²) in [5.41, 5.74) is 0. The molecule has 3 nitrogen and oxygen atoms in total. The van der Waals surface area contributed by atoms with E-state index in [1.165, 1.54) is 12.8 Å². The molecule has 80 valence electrons. The molecule has 2 aliphatic rings. The lowest BCUT2D eigenvalue weighted by molar-refractivity contribution is -0.127. The van der Waals surface area contributed by atoms with Crippen LogP contribution in [0.25, 0.3) is 0 Å². The molecule has 0 aromatic heterocycles. The van der Waals surface area contributed by atoms with Crippen LogP contribution < -0.4 is 5.32 Å². The Bertz CT molecular complexity index is 213. The molecule has 1 aliphatic carbocycles. The van der Waals surface area contributed by atoms with Gasteiger partial charge in [-0.05, 0) is 31.7 Å². The van der Waals surface area contributed by atoms with Crippen LogP contribution in [0, 0.1) is 5.92 Å². The molecule has 1 atom stereocenters. The van der Waals surface area contributed by atoms with Crippen molar-refractivity contribution in [3.05, 3.63) is 0 Å². The summed E-state index contributed by atoms with van der Waals surface area (Å²) in [6.45, 7) is 5.15. The van der Waals surface area contributed by atoms with Crippen molar-refractivity contribution in [2.24, 2.45) is 5.92 Å². The molecule has 0 bridgehead atoms. The van der Waals surface area contributed by atoms with E-state index < -0.39 is 0 Å². The lowest BCUT2D eigenvalue weighted by Gasteiger charge is -2.15. The fourth-order valence-electron chi connectivity index (χ4n) is 2.05. The molecule has 3 heteroatoms. The molecule has 0 aromatic carbocycles. The van der Waals surface area contributed by atoms with Crippen LogP contribution >= 0.6 is 0 Å². The van der Waals surface area contributed by atoms with Gasteiger partial charge in [0.2, 0.25) is 5.91 Å². The molecule has 1 amide bonds. The van der Waals surface area contributed by atoms with Crippen molar-refractivity contribution in [1.29, 1.82) is 0 Å². The molecule has 0 spiro atoms. The van der Waals surface area contributed by atoms with E-state index in [9.17, 15) is 4.79 Å². The molecule has 1 aliphatic heterocycles. The highest BCUT2D eigenvalue weighted by Gasteiger charge is 2.25. The van der Waals surface area contributed by atoms with Crippen molar-refractivity contribution in [2.75, 3.05) is 19.6 Å². The molecule has 1 unspecified atom stereocenters. The summed E-state index contributed by atoms with van der Waals surface area (Å²) < 4.78 is 0. The smallest absolute Gasteiger partial charge is 0.222 e. The quantitative estimate of drug-likeness (QED) is 0.665. The van der Waals surface area contributed by atoms with Crippen molar-refractivity contribution >= 4 is 5.91 Å². The Balaban J connectivity index is 1.57. The third-order valence-corrected chi connectivity index (χ3v) is 3.02. The number of hydrogen-bond acceptors (Lipinski definition) is 2. The maximum Gasteiger partial charge on any atom is 0.222 e. The molecule has 0 radical (unpaired) electrons. The van der Waals surface area contributed by atoms with Gasteiger partial charge in [0, 0.05) is 25.6 Å². The summed E-state index contributed by atoms with van der Waals surface area (Å²) in [6.07, 6.45) is 4.56. The summed E-state index contributed by atoms with van der Waals surface area (Å²) in [4.78, 5) is 13.4. The first kappa shape index (κ1) is 9.97. The van der Waals surface area contributed by atoms with E-state index in [-0.39, 0.29) is 0 Å². The zero-order valence-corrected chi connectivity index (χ0v) is 8.96. The van der Waals surface area contributed by atoms with E-state index in [0.717, 1.165) is 38.5 Å². The summed E-state index contributed by atoms with van der Waals surface area (Å²) in [7, 11) is 0. The number of nitrogens with zero attached hydrogens (tertiary/aromatic N) is 1. The zero-order valence-electron chi connectivity index (χ0n) is 8.96. The first-order valence-electron chi connectivity index (χ1n) is 5.77. The van der Waals surface area contributed by atoms with Crippen LogP contribution in [-0.4, -0.2) is 36.5 Å². The van der Waals surface area contributed by atoms with Gasteiger partial charge >= 0.3 is 0 Å². The predicted octanol–water partition coefficient (Wildman–Crippen LogP) is 0.997. The third kappa shape index (κ3) is 2.71. The highest BCUT2D eigenvalue weighted by molar-refractivity contribution is 5.78. The maximum atomic E-state index is 11.4. The number of nitrogens with one attached hydrogen (secondary N) is 1. The normalized spacial score (nSPS) is 27.4. The molecule has 14 heavy (non-hydrogen) atoms. The molecule has 2 rings (SSSR count). The predicted molar refractivity (Wildman–Crippen MR) is 56.0 cm³/mol. The Labute approximate surface area is 85.8 Å². The lowest BCUT2D eigenvalue weighted by Crippen LogP contribution is -2.29. The van der Waals surface area contributed by atoms with Crippen LogP contribution in [0.5, 0.6) is 0 Å². The molecule has 1 heterocycles. The SMILES string of the molecule is CC1CC(=O)N(CCCNC2CC2)C1. The average Bonchev–Trinajstić information content (AvgIpc) is 2.88. The highest BCUT2D eigenvalue weighted by atomic mass is 16.2. The summed E-state index contributed by atoms with van der Waals surface area (Å²) in [5, 5.41) is 3.47. The lowest BCUT2D eigenvalue weighted by atomic mass is 10.2. The minimum absolute atomic E-state index is 0.351. The molecule has 1 saturated heterocycles. The minimum Gasteiger partial charge on any atom is -0.342 e. The third-order valence-electron chi connectivity index (χ3n) is 3.02. The van der Waals surface area contributed by atoms with Gasteiger partial charge in [0.25, 0.3) is 0 Å². The first-order valence-corrected chi connectivity index (χ1v) is 5.77. The van der Waals surface area contributed by atoms with Crippen LogP contribution in [0.1, 0.15) is 32.6 Å². The van der Waals surface area contributed by atoms with E-state index >= 15 is 0 Å². The molecule has 0 aromatic rings. The van der Waals surface area contributed by atoms with Crippen molar-refractivity contribution < 1.29 is 4.79 Å². The van der Waals surface area contributed by atoms with Crippen molar-refractivity contribution in [3.63, 3.8) is 0 Å². The van der Waals surface area contributed by atoms with Gasteiger partial charge in [0.1, 0.15) is 0 Å². The van der Waals surface area contributed by atoms with Crippen LogP contribution in [0.4, 0.5) is 0 Å². The Hall–Kier alpha value is -0.570. The van der Waals surface area contributed by atoms with Crippen molar-refractivity contribution in [3.8, 4) is 0 Å². The summed E-state index contributed by atoms with van der Waals surface area (Å²) in [6, 6.07) is 0.795. The van der Waals surface area contributed by atoms with Crippen LogP contribution in [0.3, 0.4) is 0 Å². The fourth-order valence-corrected chi connectivity index (χ4v) is 2.05. The van der Waals surface area contributed by atoms with Gasteiger partial charge in [0.05, 0.1) is 0 Å². The molecular formula is C11H20N2O. The zero-order chi connectivity index (χ0) is 9.97. The monoisotopic (exact) mass is 196 g/mol. The van der Waals surface area contributed by atoms with Crippen LogP contribution in [-0.2, 0) is 4.79 Å². The number of likely N-dealkylation sites (tertiary alicyclic amines) is 1. The summed E-state index contributed by atoms with van der Waals surface area (Å²) >= 11 is 0. The van der Waals surface area contributed by atoms with Gasteiger partial charge in [0.15, 0.2) is 0 Å². The number of amides is 1. The van der Waals surface area contributed by atoms with Gasteiger partial charge < -0.3 is 10.2 Å². The maximum absolute atomic E-state index is 11.4. The highest BCUT2D eigenvalue weighted by Crippen LogP contribution is 2.19. The van der Waals surface area contributed by atoms with Crippen molar-refractivity contribution in [2.45, 2.75) is 38.6 Å². The topological polar surface area (TPSA) is 32.3 Å². The molecule has 1 N–H and O–H groups in total. The molecule has 1 saturated carbocycles. The van der Waals surface area contributed by atoms with E-state index in [0.29, 0.717) is 11.8 Å². The standard InChI is InChI=1S/C11H20N2O/c1-9-7-11(14)13(8-9)6-2-5-12-10-3-4-10/h9-10,12H,2-8H2,1H3. The van der Waals surface area contributed by atoms with E-state index in [1.54, 1.807) is 0 Å². The second-order valence-corrected chi connectivity index (χ2v) is 4.73. The Morgan fingerprint density at radius 3 is 2.86 bits per heavy atom. The van der Waals surface area contributed by atoms with Gasteiger partial charge in [-0.15, -0.1) is 0 Å². The fraction of sp³-hybridized carbons (Fsp3) is 0.909. The summed E-state index contributed by atoms with van der Waals surface area (Å²) in [5.74, 6) is 0.919. The van der Waals surface area contributed by atoms with Gasteiger partial charge in [-0.2, -0.15) is 0 Å². The Morgan fingerprint density at radius 1 is 1.50 bits per heavy atom. The second kappa shape index (κ2) is 4.30. The van der Waals surface area contributed by atoms with E-state index in [4.69, 9.17) is 0 Å². The van der Waals surface area contributed by atoms with Crippen LogP contribution in [0.2, 0.25) is 0 Å². The minimum atomic E-state index is 0.351. The van der Waals surface area contributed by atoms with Crippen molar-refractivity contribution in [1.82, 2.24) is 10.2 Å². The van der Waals surface area contributed by atoms with Gasteiger partial charge in [-0.1, -0.05) is 6.92 Å². The number of hydrogen-bond donors (Lipinski definition) is 1. The first-order chi connectivity index (χ1) is 6.75. The van der Waals surface area contributed by atoms with Gasteiger partial charge in [-0.3, -0.25) is 4.79 Å². The Morgan fingerprint density at radius 2 is 2.29 bits per heavy atom. The average molecular weight is 196 g/mol. The van der Waals surface area contributed by atoms with E-state index in [1.807, 2.05) is 4.90 Å². The largest absolute Gasteiger partial charge is 0.342 e. The number of carbonyl (C=O) groups is 1. The number of carbonyl (C=O) groups excluding carboxylic acids is 1. The van der Waals surface area contributed by atoms with E-state index in [2.05, 4.69) is 12.2 Å². The Kier molecular flexibility index (Phi) is 3.06. The molecular weight excluding hydrogens is 176 g/mol. The van der Waals surface area contributed by atoms with Crippen LogP contribution in [0.15, 0.2) is 0 Å². The number of rotatable bonds is 5. The van der Waals surface area contributed by atoms with Gasteiger partial charge in [-0.25, -0.2) is 0 Å². The molecule has 2 fully saturated rings. The second-order valence-electron chi connectivity index (χ2n) is 4.73.